The number of nitrogens with zero attached hydrogens (tertiary/aromatic N) is 1. The first-order valence-electron chi connectivity index (χ1n) is 3.57. The molecule has 0 heterocycles. The van der Waals surface area contributed by atoms with Crippen LogP contribution in [0.5, 0.6) is 0 Å². The predicted octanol–water partition coefficient (Wildman–Crippen LogP) is 2.86. The average molecular weight is 145 g/mol. The Balaban J connectivity index is 3.21. The third-order valence-electron chi connectivity index (χ3n) is 1.14. The normalized spacial score (nSPS) is 13.4. The van der Waals surface area contributed by atoms with Crippen LogP contribution in [-0.4, -0.2) is 11.9 Å². The van der Waals surface area contributed by atoms with Gasteiger partial charge in [-0.15, -0.1) is 0 Å². The van der Waals surface area contributed by atoms with Crippen molar-refractivity contribution < 1.29 is 0 Å². The number of rotatable bonds is 4. The molecule has 9 heavy (non-hydrogen) atoms. The minimum absolute atomic E-state index is 0.807. The highest BCUT2D eigenvalue weighted by Crippen LogP contribution is 2.13. The molecule has 0 spiro atoms. The predicted molar refractivity (Wildman–Crippen MR) is 46.9 cm³/mol. The van der Waals surface area contributed by atoms with E-state index in [-0.39, 0.29) is 0 Å². The third kappa shape index (κ3) is 5.98. The van der Waals surface area contributed by atoms with Crippen molar-refractivity contribution in [3.05, 3.63) is 0 Å². The lowest BCUT2D eigenvalue weighted by Crippen LogP contribution is -1.83. The van der Waals surface area contributed by atoms with Crippen LogP contribution in [0.15, 0.2) is 4.76 Å². The van der Waals surface area contributed by atoms with Crippen LogP contribution in [0.1, 0.15) is 33.6 Å². The second-order valence-corrected chi connectivity index (χ2v) is 3.15. The summed E-state index contributed by atoms with van der Waals surface area (Å²) in [7, 11) is 0.807. The highest BCUT2D eigenvalue weighted by atomic mass is 31.1. The van der Waals surface area contributed by atoms with E-state index < -0.39 is 0 Å². The van der Waals surface area contributed by atoms with E-state index in [0.29, 0.717) is 0 Å². The Bertz CT molecular complexity index is 88.9. The van der Waals surface area contributed by atoms with Crippen molar-refractivity contribution in [2.75, 3.05) is 6.16 Å². The van der Waals surface area contributed by atoms with E-state index in [0.717, 1.165) is 15.2 Å². The molecular weight excluding hydrogens is 129 g/mol. The first kappa shape index (κ1) is 9.10. The van der Waals surface area contributed by atoms with Crippen molar-refractivity contribution in [2.45, 2.75) is 33.6 Å². The van der Waals surface area contributed by atoms with Crippen LogP contribution in [0.3, 0.4) is 0 Å². The Morgan fingerprint density at radius 1 is 1.44 bits per heavy atom. The molecule has 0 aliphatic rings. The first-order valence-corrected chi connectivity index (χ1v) is 4.72. The topological polar surface area (TPSA) is 12.4 Å². The van der Waals surface area contributed by atoms with E-state index in [9.17, 15) is 0 Å². The van der Waals surface area contributed by atoms with Crippen LogP contribution < -0.4 is 0 Å². The first-order chi connectivity index (χ1) is 4.31. The number of hydrogen-bond donors (Lipinski definition) is 0. The van der Waals surface area contributed by atoms with Crippen molar-refractivity contribution in [1.82, 2.24) is 0 Å². The van der Waals surface area contributed by atoms with Gasteiger partial charge in [0.25, 0.3) is 0 Å². The second kappa shape index (κ2) is 6.22. The Hall–Kier alpha value is 0.100. The fourth-order valence-corrected chi connectivity index (χ4v) is 1.15. The van der Waals surface area contributed by atoms with E-state index >= 15 is 0 Å². The summed E-state index contributed by atoms with van der Waals surface area (Å²) in [5.41, 5.74) is 1.29. The number of hydrogen-bond acceptors (Lipinski definition) is 1. The van der Waals surface area contributed by atoms with Crippen molar-refractivity contribution in [2.24, 2.45) is 4.76 Å². The Morgan fingerprint density at radius 3 is 2.56 bits per heavy atom. The molecule has 54 valence electrons. The van der Waals surface area contributed by atoms with Gasteiger partial charge in [-0.2, -0.15) is 0 Å². The second-order valence-electron chi connectivity index (χ2n) is 2.11. The molecule has 2 heteroatoms. The molecule has 1 atom stereocenters. The molecule has 1 nitrogen and oxygen atoms in total. The summed E-state index contributed by atoms with van der Waals surface area (Å²) in [6.07, 6.45) is 3.63. The van der Waals surface area contributed by atoms with E-state index in [4.69, 9.17) is 0 Å². The largest absolute Gasteiger partial charge is 0.274 e. The summed E-state index contributed by atoms with van der Waals surface area (Å²) in [6.45, 7) is 6.45. The standard InChI is InChI=1S/C7H16NP/c1-4-6-9-8-7(3)5-2/h9H,4-6H2,1-3H3. The Kier molecular flexibility index (Phi) is 6.29. The third-order valence-corrected chi connectivity index (χ3v) is 2.41. The lowest BCUT2D eigenvalue weighted by molar-refractivity contribution is 1.10. The molecule has 0 saturated carbocycles. The maximum atomic E-state index is 4.38. The molecule has 0 aliphatic carbocycles. The van der Waals surface area contributed by atoms with E-state index in [1.165, 1.54) is 18.3 Å². The van der Waals surface area contributed by atoms with Gasteiger partial charge in [-0.05, 0) is 19.5 Å². The Morgan fingerprint density at radius 2 is 2.11 bits per heavy atom. The highest BCUT2D eigenvalue weighted by molar-refractivity contribution is 7.36. The fourth-order valence-electron chi connectivity index (χ4n) is 0.382. The molecule has 0 aromatic heterocycles. The molecule has 0 aromatic carbocycles. The van der Waals surface area contributed by atoms with Crippen molar-refractivity contribution in [3.8, 4) is 0 Å². The van der Waals surface area contributed by atoms with Gasteiger partial charge in [0, 0.05) is 14.4 Å². The summed E-state index contributed by atoms with van der Waals surface area (Å²) in [5, 5.41) is 0. The van der Waals surface area contributed by atoms with Gasteiger partial charge in [0.2, 0.25) is 0 Å². The zero-order valence-electron chi connectivity index (χ0n) is 6.57. The van der Waals surface area contributed by atoms with Gasteiger partial charge in [0.05, 0.1) is 0 Å². The van der Waals surface area contributed by atoms with Gasteiger partial charge < -0.3 is 0 Å². The minimum Gasteiger partial charge on any atom is -0.274 e. The molecule has 0 rings (SSSR count). The average Bonchev–Trinajstić information content (AvgIpc) is 1.89. The summed E-state index contributed by atoms with van der Waals surface area (Å²) >= 11 is 0. The zero-order chi connectivity index (χ0) is 7.11. The van der Waals surface area contributed by atoms with Gasteiger partial charge in [-0.1, -0.05) is 20.3 Å². The summed E-state index contributed by atoms with van der Waals surface area (Å²) in [4.78, 5) is 0. The van der Waals surface area contributed by atoms with Crippen LogP contribution >= 0.6 is 8.73 Å². The van der Waals surface area contributed by atoms with E-state index in [1.54, 1.807) is 0 Å². The molecule has 0 amide bonds. The molecule has 0 radical (unpaired) electrons. The Labute approximate surface area is 59.8 Å². The summed E-state index contributed by atoms with van der Waals surface area (Å²) < 4.78 is 4.38. The fraction of sp³-hybridized carbons (Fsp3) is 0.857. The van der Waals surface area contributed by atoms with Gasteiger partial charge in [-0.3, -0.25) is 4.76 Å². The summed E-state index contributed by atoms with van der Waals surface area (Å²) in [5.74, 6) is 0. The van der Waals surface area contributed by atoms with Crippen LogP contribution in [0.2, 0.25) is 0 Å². The lowest BCUT2D eigenvalue weighted by Gasteiger charge is -1.93. The molecule has 0 bridgehead atoms. The molecule has 1 unspecified atom stereocenters. The smallest absolute Gasteiger partial charge is 0.0131 e. The minimum atomic E-state index is 0.807. The highest BCUT2D eigenvalue weighted by Gasteiger charge is 1.83. The molecule has 0 N–H and O–H groups in total. The maximum Gasteiger partial charge on any atom is 0.0131 e. The maximum absolute atomic E-state index is 4.38. The van der Waals surface area contributed by atoms with Crippen molar-refractivity contribution in [3.63, 3.8) is 0 Å². The van der Waals surface area contributed by atoms with Crippen molar-refractivity contribution in [1.29, 1.82) is 0 Å². The molecule has 0 aromatic rings. The monoisotopic (exact) mass is 145 g/mol. The van der Waals surface area contributed by atoms with E-state index in [2.05, 4.69) is 25.5 Å². The van der Waals surface area contributed by atoms with Crippen LogP contribution in [0.25, 0.3) is 0 Å². The quantitative estimate of drug-likeness (QED) is 0.327. The molecule has 0 aliphatic heterocycles. The van der Waals surface area contributed by atoms with Gasteiger partial charge in [0.15, 0.2) is 0 Å². The van der Waals surface area contributed by atoms with Crippen LogP contribution in [-0.2, 0) is 0 Å². The van der Waals surface area contributed by atoms with Gasteiger partial charge in [-0.25, -0.2) is 0 Å². The molecular formula is C7H16NP. The van der Waals surface area contributed by atoms with Crippen LogP contribution in [0, 0.1) is 0 Å². The summed E-state index contributed by atoms with van der Waals surface area (Å²) in [6, 6.07) is 0. The van der Waals surface area contributed by atoms with Crippen molar-refractivity contribution >= 4 is 14.4 Å². The molecule has 0 saturated heterocycles. The van der Waals surface area contributed by atoms with Gasteiger partial charge >= 0.3 is 0 Å². The van der Waals surface area contributed by atoms with Gasteiger partial charge in [0.1, 0.15) is 0 Å². The van der Waals surface area contributed by atoms with Crippen LogP contribution in [0.4, 0.5) is 0 Å². The van der Waals surface area contributed by atoms with E-state index in [1.807, 2.05) is 0 Å². The molecule has 0 fully saturated rings. The lowest BCUT2D eigenvalue weighted by atomic mass is 10.3. The zero-order valence-corrected chi connectivity index (χ0v) is 7.57. The SMILES string of the molecule is CCCPN=C(C)CC.